The van der Waals surface area contributed by atoms with Crippen LogP contribution < -0.4 is 10.6 Å². The quantitative estimate of drug-likeness (QED) is 0.404. The van der Waals surface area contributed by atoms with Crippen LogP contribution in [-0.2, 0) is 24.2 Å². The normalized spacial score (nSPS) is 16.4. The van der Waals surface area contributed by atoms with Gasteiger partial charge in [0.1, 0.15) is 0 Å². The number of carbonyl (C=O) groups excluding carboxylic acids is 2. The Morgan fingerprint density at radius 2 is 1.74 bits per heavy atom. The Bertz CT molecular complexity index is 943. The summed E-state index contributed by atoms with van der Waals surface area (Å²) >= 11 is 0. The van der Waals surface area contributed by atoms with Gasteiger partial charge in [-0.25, -0.2) is 0 Å². The Labute approximate surface area is 211 Å². The molecule has 4 nitrogen and oxygen atoms in total. The van der Waals surface area contributed by atoms with Crippen LogP contribution in [0.1, 0.15) is 91.4 Å². The Kier molecular flexibility index (Phi) is 11.8. The van der Waals surface area contributed by atoms with E-state index in [1.165, 1.54) is 36.8 Å². The monoisotopic (exact) mass is 484 g/mol. The molecule has 2 aliphatic rings. The molecule has 0 fully saturated rings. The molecule has 1 amide bonds. The minimum atomic E-state index is 0. The lowest BCUT2D eigenvalue weighted by molar-refractivity contribution is -0.116. The zero-order valence-electron chi connectivity index (χ0n) is 21.0. The number of carbonyl (C=O) groups is 2. The molecule has 1 atom stereocenters. The Morgan fingerprint density at radius 3 is 2.44 bits per heavy atom. The molecule has 0 saturated heterocycles. The number of nitrogens with one attached hydrogen (secondary N) is 2. The molecule has 34 heavy (non-hydrogen) atoms. The third-order valence-corrected chi connectivity index (χ3v) is 6.87. The molecule has 1 aliphatic heterocycles. The van der Waals surface area contributed by atoms with Gasteiger partial charge in [-0.05, 0) is 73.9 Å². The highest BCUT2D eigenvalue weighted by atomic mass is 35.5. The van der Waals surface area contributed by atoms with Crippen molar-refractivity contribution in [3.63, 3.8) is 0 Å². The molecule has 1 unspecified atom stereocenters. The number of amides is 1. The molecule has 2 aromatic rings. The second-order valence-electron chi connectivity index (χ2n) is 9.35. The summed E-state index contributed by atoms with van der Waals surface area (Å²) in [5.74, 6) is 0.512. The lowest BCUT2D eigenvalue weighted by atomic mass is 9.76. The first-order valence-corrected chi connectivity index (χ1v) is 12.8. The third kappa shape index (κ3) is 7.41. The molecule has 4 rings (SSSR count). The van der Waals surface area contributed by atoms with Crippen LogP contribution >= 0.6 is 12.4 Å². The van der Waals surface area contributed by atoms with E-state index in [2.05, 4.69) is 54.8 Å². The van der Waals surface area contributed by atoms with E-state index in [1.807, 2.05) is 13.0 Å². The number of rotatable bonds is 8. The Hall–Kier alpha value is -2.17. The van der Waals surface area contributed by atoms with E-state index in [4.69, 9.17) is 0 Å². The van der Waals surface area contributed by atoms with E-state index in [1.54, 1.807) is 0 Å². The van der Waals surface area contributed by atoms with E-state index in [9.17, 15) is 9.59 Å². The summed E-state index contributed by atoms with van der Waals surface area (Å²) in [6, 6.07) is 12.6. The molecule has 2 N–H and O–H groups in total. The maximum atomic E-state index is 12.6. The SMILES string of the molecule is CCC1CCc2c(C)cc3c(c2C1=O)CCC(=O)N3.CCCCCCNCc1ccccc1.Cl. The molecule has 1 aliphatic carbocycles. The first kappa shape index (κ1) is 28.1. The highest BCUT2D eigenvalue weighted by molar-refractivity contribution is 6.05. The van der Waals surface area contributed by atoms with E-state index in [-0.39, 0.29) is 24.2 Å². The zero-order valence-corrected chi connectivity index (χ0v) is 21.9. The van der Waals surface area contributed by atoms with E-state index in [0.717, 1.165) is 54.7 Å². The number of ketones is 1. The van der Waals surface area contributed by atoms with Crippen molar-refractivity contribution in [2.24, 2.45) is 5.92 Å². The average Bonchev–Trinajstić information content (AvgIpc) is 2.82. The smallest absolute Gasteiger partial charge is 0.224 e. The fraction of sp³-hybridized carbons (Fsp3) is 0.517. The van der Waals surface area contributed by atoms with Crippen molar-refractivity contribution in [3.8, 4) is 0 Å². The molecule has 186 valence electrons. The van der Waals surface area contributed by atoms with Gasteiger partial charge in [0.25, 0.3) is 0 Å². The van der Waals surface area contributed by atoms with Crippen molar-refractivity contribution in [3.05, 3.63) is 64.2 Å². The van der Waals surface area contributed by atoms with Crippen LogP contribution in [0.25, 0.3) is 0 Å². The highest BCUT2D eigenvalue weighted by Gasteiger charge is 2.32. The topological polar surface area (TPSA) is 58.2 Å². The van der Waals surface area contributed by atoms with Gasteiger partial charge >= 0.3 is 0 Å². The van der Waals surface area contributed by atoms with Gasteiger partial charge in [-0.1, -0.05) is 63.4 Å². The lowest BCUT2D eigenvalue weighted by Gasteiger charge is -2.29. The van der Waals surface area contributed by atoms with Crippen LogP contribution in [0.15, 0.2) is 36.4 Å². The summed E-state index contributed by atoms with van der Waals surface area (Å²) in [5.41, 5.74) is 6.58. The second kappa shape index (κ2) is 14.3. The van der Waals surface area contributed by atoms with Gasteiger partial charge in [0.2, 0.25) is 5.91 Å². The summed E-state index contributed by atoms with van der Waals surface area (Å²) < 4.78 is 0. The molecule has 1 heterocycles. The number of aryl methyl sites for hydroxylation is 1. The first-order chi connectivity index (χ1) is 16.0. The van der Waals surface area contributed by atoms with Crippen molar-refractivity contribution in [2.45, 2.75) is 85.1 Å². The predicted molar refractivity (Wildman–Crippen MR) is 144 cm³/mol. The standard InChI is InChI=1S/C16H19NO2.C13H21N.ClH/c1-3-10-4-5-11-9(2)8-13-12(15(11)16(10)19)6-7-14(18)17-13;1-2-3-4-8-11-14-12-13-9-6-5-7-10-13;/h8,10H,3-7H2,1-2H3,(H,17,18);5-7,9-10,14H,2-4,8,11-12H2,1H3;1H. The molecule has 0 aromatic heterocycles. The van der Waals surface area contributed by atoms with Crippen LogP contribution in [0.3, 0.4) is 0 Å². The number of halogens is 1. The predicted octanol–water partition coefficient (Wildman–Crippen LogP) is 6.81. The molecule has 0 spiro atoms. The molecule has 0 bridgehead atoms. The van der Waals surface area contributed by atoms with Gasteiger partial charge in [-0.2, -0.15) is 0 Å². The van der Waals surface area contributed by atoms with Crippen LogP contribution in [-0.4, -0.2) is 18.2 Å². The van der Waals surface area contributed by atoms with Gasteiger partial charge in [0.15, 0.2) is 5.78 Å². The summed E-state index contributed by atoms with van der Waals surface area (Å²) in [6.45, 7) is 8.52. The van der Waals surface area contributed by atoms with Gasteiger partial charge in [0, 0.05) is 30.1 Å². The van der Waals surface area contributed by atoms with Gasteiger partial charge in [-0.3, -0.25) is 9.59 Å². The fourth-order valence-electron chi connectivity index (χ4n) is 4.90. The molecular formula is C29H41ClN2O2. The van der Waals surface area contributed by atoms with Crippen molar-refractivity contribution in [1.29, 1.82) is 0 Å². The molecule has 0 radical (unpaired) electrons. The number of unbranched alkanes of at least 4 members (excludes halogenated alkanes) is 3. The largest absolute Gasteiger partial charge is 0.326 e. The van der Waals surface area contributed by atoms with Gasteiger partial charge < -0.3 is 10.6 Å². The number of benzene rings is 2. The van der Waals surface area contributed by atoms with Crippen LogP contribution in [0.5, 0.6) is 0 Å². The van der Waals surface area contributed by atoms with Crippen molar-refractivity contribution in [2.75, 3.05) is 11.9 Å². The fourth-order valence-corrected chi connectivity index (χ4v) is 4.90. The maximum absolute atomic E-state index is 12.6. The summed E-state index contributed by atoms with van der Waals surface area (Å²) in [6.07, 6.45) is 9.41. The summed E-state index contributed by atoms with van der Waals surface area (Å²) in [4.78, 5) is 24.2. The summed E-state index contributed by atoms with van der Waals surface area (Å²) in [7, 11) is 0. The third-order valence-electron chi connectivity index (χ3n) is 6.87. The first-order valence-electron chi connectivity index (χ1n) is 12.8. The minimum absolute atomic E-state index is 0. The Balaban J connectivity index is 0.000000245. The van der Waals surface area contributed by atoms with E-state index in [0.29, 0.717) is 18.6 Å². The van der Waals surface area contributed by atoms with E-state index < -0.39 is 0 Å². The Morgan fingerprint density at radius 1 is 0.971 bits per heavy atom. The van der Waals surface area contributed by atoms with Crippen molar-refractivity contribution < 1.29 is 9.59 Å². The molecule has 0 saturated carbocycles. The molecular weight excluding hydrogens is 444 g/mol. The van der Waals surface area contributed by atoms with Crippen LogP contribution in [0.4, 0.5) is 5.69 Å². The van der Waals surface area contributed by atoms with Crippen molar-refractivity contribution >= 4 is 29.8 Å². The minimum Gasteiger partial charge on any atom is -0.326 e. The van der Waals surface area contributed by atoms with E-state index >= 15 is 0 Å². The van der Waals surface area contributed by atoms with Crippen LogP contribution in [0, 0.1) is 12.8 Å². The number of hydrogen-bond acceptors (Lipinski definition) is 3. The lowest BCUT2D eigenvalue weighted by Crippen LogP contribution is -2.28. The summed E-state index contributed by atoms with van der Waals surface area (Å²) in [5, 5.41) is 6.37. The second-order valence-corrected chi connectivity index (χ2v) is 9.35. The van der Waals surface area contributed by atoms with Gasteiger partial charge in [0.05, 0.1) is 0 Å². The molecule has 5 heteroatoms. The number of Topliss-reactive ketones (excluding diaryl/α,β-unsaturated/α-hetero) is 1. The molecule has 2 aromatic carbocycles. The number of fused-ring (bicyclic) bond motifs is 3. The number of anilines is 1. The van der Waals surface area contributed by atoms with Gasteiger partial charge in [-0.15, -0.1) is 12.4 Å². The average molecular weight is 485 g/mol. The zero-order chi connectivity index (χ0) is 23.6. The highest BCUT2D eigenvalue weighted by Crippen LogP contribution is 2.37. The van der Waals surface area contributed by atoms with Crippen molar-refractivity contribution in [1.82, 2.24) is 5.32 Å². The number of hydrogen-bond donors (Lipinski definition) is 2. The maximum Gasteiger partial charge on any atom is 0.224 e. The van der Waals surface area contributed by atoms with Crippen LogP contribution in [0.2, 0.25) is 0 Å².